The van der Waals surface area contributed by atoms with Crippen molar-refractivity contribution in [2.24, 2.45) is 0 Å². The Labute approximate surface area is 110 Å². The van der Waals surface area contributed by atoms with Crippen molar-refractivity contribution in [1.82, 2.24) is 0 Å². The van der Waals surface area contributed by atoms with Crippen LogP contribution in [0.2, 0.25) is 0 Å². The molecule has 3 rings (SSSR count). The number of phenolic OH excluding ortho intramolecular Hbond substituents is 1. The number of nitriles is 1. The number of phenols is 1. The highest BCUT2D eigenvalue weighted by atomic mass is 35.5. The first-order valence-corrected chi connectivity index (χ1v) is 6.37. The van der Waals surface area contributed by atoms with E-state index in [0.717, 1.165) is 28.6 Å². The Balaban J connectivity index is 2.46. The third kappa shape index (κ3) is 1.47. The zero-order valence-corrected chi connectivity index (χ0v) is 10.4. The number of rotatable bonds is 1. The third-order valence-corrected chi connectivity index (χ3v) is 3.92. The lowest BCUT2D eigenvalue weighted by molar-refractivity contribution is -0.563. The summed E-state index contributed by atoms with van der Waals surface area (Å²) >= 11 is 6.01. The van der Waals surface area contributed by atoms with Crippen LogP contribution in [-0.4, -0.2) is 17.5 Å². The van der Waals surface area contributed by atoms with Crippen LogP contribution in [-0.2, 0) is 0 Å². The van der Waals surface area contributed by atoms with Gasteiger partial charge in [0.1, 0.15) is 11.4 Å². The molecule has 3 N–H and O–H groups in total. The van der Waals surface area contributed by atoms with Crippen LogP contribution >= 0.6 is 11.6 Å². The van der Waals surface area contributed by atoms with E-state index in [4.69, 9.17) is 11.6 Å². The van der Waals surface area contributed by atoms with Crippen LogP contribution in [0.5, 0.6) is 5.75 Å². The second-order valence-electron chi connectivity index (χ2n) is 4.53. The van der Waals surface area contributed by atoms with Crippen LogP contribution in [0.4, 0.5) is 5.69 Å². The predicted molar refractivity (Wildman–Crippen MR) is 70.2 cm³/mol. The van der Waals surface area contributed by atoms with Crippen molar-refractivity contribution < 1.29 is 10.4 Å². The van der Waals surface area contributed by atoms with E-state index in [2.05, 4.69) is 11.4 Å². The van der Waals surface area contributed by atoms with E-state index in [1.807, 2.05) is 6.07 Å². The third-order valence-electron chi connectivity index (χ3n) is 3.55. The second-order valence-corrected chi connectivity index (χ2v) is 4.84. The minimum atomic E-state index is 0.229. The van der Waals surface area contributed by atoms with Crippen LogP contribution in [0.3, 0.4) is 0 Å². The van der Waals surface area contributed by atoms with Crippen molar-refractivity contribution >= 4 is 28.1 Å². The van der Waals surface area contributed by atoms with Crippen molar-refractivity contribution in [2.45, 2.75) is 5.92 Å². The number of fused-ring (bicyclic) bond motifs is 3. The van der Waals surface area contributed by atoms with Gasteiger partial charge in [-0.25, -0.2) is 0 Å². The summed E-state index contributed by atoms with van der Waals surface area (Å²) < 4.78 is 0. The van der Waals surface area contributed by atoms with E-state index < -0.39 is 0 Å². The van der Waals surface area contributed by atoms with Crippen LogP contribution in [0, 0.1) is 11.3 Å². The maximum Gasteiger partial charge on any atom is 0.137 e. The van der Waals surface area contributed by atoms with Crippen molar-refractivity contribution in [3.05, 3.63) is 35.4 Å². The SMILES string of the molecule is N#Cc1cccc2c(O)cc3c(c12)C(CCl)C[NH2+]3. The molecular weight excluding hydrogens is 248 g/mol. The van der Waals surface area contributed by atoms with Gasteiger partial charge in [-0.1, -0.05) is 12.1 Å². The van der Waals surface area contributed by atoms with Crippen molar-refractivity contribution in [3.8, 4) is 11.8 Å². The van der Waals surface area contributed by atoms with Gasteiger partial charge in [-0.15, -0.1) is 11.6 Å². The quantitative estimate of drug-likeness (QED) is 0.607. The average Bonchev–Trinajstić information content (AvgIpc) is 2.81. The zero-order chi connectivity index (χ0) is 12.7. The van der Waals surface area contributed by atoms with Gasteiger partial charge in [0, 0.05) is 28.3 Å². The second kappa shape index (κ2) is 4.16. The van der Waals surface area contributed by atoms with Gasteiger partial charge in [0.05, 0.1) is 24.1 Å². The first-order chi connectivity index (χ1) is 8.76. The monoisotopic (exact) mass is 259 g/mol. The van der Waals surface area contributed by atoms with Gasteiger partial charge in [-0.2, -0.15) is 5.26 Å². The summed E-state index contributed by atoms with van der Waals surface area (Å²) in [6, 6.07) is 9.39. The molecule has 0 aromatic heterocycles. The van der Waals surface area contributed by atoms with Gasteiger partial charge in [0.2, 0.25) is 0 Å². The van der Waals surface area contributed by atoms with Crippen molar-refractivity contribution in [1.29, 1.82) is 5.26 Å². The van der Waals surface area contributed by atoms with Gasteiger partial charge in [-0.3, -0.25) is 0 Å². The summed E-state index contributed by atoms with van der Waals surface area (Å²) in [5, 5.41) is 23.0. The Morgan fingerprint density at radius 3 is 3.06 bits per heavy atom. The van der Waals surface area contributed by atoms with Crippen molar-refractivity contribution in [2.75, 3.05) is 12.4 Å². The molecule has 18 heavy (non-hydrogen) atoms. The van der Waals surface area contributed by atoms with E-state index in [-0.39, 0.29) is 11.7 Å². The van der Waals surface area contributed by atoms with Gasteiger partial charge >= 0.3 is 0 Å². The normalized spacial score (nSPS) is 17.7. The highest BCUT2D eigenvalue weighted by molar-refractivity contribution is 6.18. The highest BCUT2D eigenvalue weighted by Crippen LogP contribution is 2.39. The fourth-order valence-electron chi connectivity index (χ4n) is 2.73. The van der Waals surface area contributed by atoms with E-state index in [1.165, 1.54) is 0 Å². The predicted octanol–water partition coefficient (Wildman–Crippen LogP) is 1.95. The smallest absolute Gasteiger partial charge is 0.137 e. The number of quaternary nitrogens is 1. The Kier molecular flexibility index (Phi) is 2.62. The van der Waals surface area contributed by atoms with E-state index in [9.17, 15) is 10.4 Å². The number of benzene rings is 2. The van der Waals surface area contributed by atoms with Crippen molar-refractivity contribution in [3.63, 3.8) is 0 Å². The van der Waals surface area contributed by atoms with Crippen LogP contribution in [0.15, 0.2) is 24.3 Å². The first kappa shape index (κ1) is 11.3. The maximum atomic E-state index is 10.1. The van der Waals surface area contributed by atoms with Gasteiger partial charge in [0.25, 0.3) is 0 Å². The van der Waals surface area contributed by atoms with Crippen LogP contribution in [0.25, 0.3) is 10.8 Å². The standard InChI is InChI=1S/C14H11ClN2O/c15-5-9-7-17-11-4-12(18)10-3-1-2-8(6-16)13(10)14(9)11/h1-4,9,17-18H,5,7H2/p+1. The lowest BCUT2D eigenvalue weighted by atomic mass is 9.92. The fourth-order valence-corrected chi connectivity index (χ4v) is 3.01. The summed E-state index contributed by atoms with van der Waals surface area (Å²) in [7, 11) is 0. The van der Waals surface area contributed by atoms with Gasteiger partial charge < -0.3 is 10.4 Å². The Hall–Kier alpha value is -1.76. The zero-order valence-electron chi connectivity index (χ0n) is 9.65. The molecule has 0 fully saturated rings. The molecule has 0 amide bonds. The summed E-state index contributed by atoms with van der Waals surface area (Å²) in [4.78, 5) is 0. The molecule has 1 unspecified atom stereocenters. The maximum absolute atomic E-state index is 10.1. The molecule has 4 heteroatoms. The molecule has 90 valence electrons. The van der Waals surface area contributed by atoms with E-state index in [0.29, 0.717) is 11.4 Å². The summed E-state index contributed by atoms with van der Waals surface area (Å²) in [5.74, 6) is 0.995. The molecule has 1 aliphatic rings. The van der Waals surface area contributed by atoms with E-state index >= 15 is 0 Å². The molecule has 3 nitrogen and oxygen atoms in total. The van der Waals surface area contributed by atoms with Gasteiger partial charge in [-0.05, 0) is 6.07 Å². The first-order valence-electron chi connectivity index (χ1n) is 5.84. The number of nitrogens with zero attached hydrogens (tertiary/aromatic N) is 1. The number of nitrogens with two attached hydrogens (primary N) is 1. The number of hydrogen-bond donors (Lipinski definition) is 2. The largest absolute Gasteiger partial charge is 0.507 e. The number of alkyl halides is 1. The Morgan fingerprint density at radius 2 is 2.33 bits per heavy atom. The molecule has 0 saturated carbocycles. The summed E-state index contributed by atoms with van der Waals surface area (Å²) in [6.45, 7) is 0.872. The number of halogens is 1. The number of hydrogen-bond acceptors (Lipinski definition) is 2. The minimum Gasteiger partial charge on any atom is -0.507 e. The molecule has 0 spiro atoms. The topological polar surface area (TPSA) is 60.6 Å². The minimum absolute atomic E-state index is 0.229. The Bertz CT molecular complexity index is 676. The fraction of sp³-hybridized carbons (Fsp3) is 0.214. The lowest BCUT2D eigenvalue weighted by Gasteiger charge is -2.10. The van der Waals surface area contributed by atoms with Gasteiger partial charge in [0.15, 0.2) is 0 Å². The van der Waals surface area contributed by atoms with E-state index in [1.54, 1.807) is 18.2 Å². The molecule has 0 bridgehead atoms. The average molecular weight is 260 g/mol. The molecule has 2 aromatic carbocycles. The molecule has 1 heterocycles. The summed E-state index contributed by atoms with van der Waals surface area (Å²) in [6.07, 6.45) is 0. The molecule has 2 aromatic rings. The molecular formula is C14H12ClN2O+. The number of aromatic hydroxyl groups is 1. The molecule has 0 saturated heterocycles. The molecule has 1 atom stereocenters. The molecule has 0 aliphatic carbocycles. The Morgan fingerprint density at radius 1 is 1.50 bits per heavy atom. The van der Waals surface area contributed by atoms with Crippen LogP contribution in [0.1, 0.15) is 17.0 Å². The molecule has 1 aliphatic heterocycles. The molecule has 0 radical (unpaired) electrons. The highest BCUT2D eigenvalue weighted by Gasteiger charge is 2.30. The lowest BCUT2D eigenvalue weighted by Crippen LogP contribution is -2.76. The summed E-state index contributed by atoms with van der Waals surface area (Å²) in [5.41, 5.74) is 2.72. The van der Waals surface area contributed by atoms with Crippen LogP contribution < -0.4 is 5.32 Å².